The Morgan fingerprint density at radius 2 is 1.35 bits per heavy atom. The first kappa shape index (κ1) is 24.8. The Morgan fingerprint density at radius 1 is 0.765 bits per heavy atom. The van der Waals surface area contributed by atoms with Crippen molar-refractivity contribution in [3.05, 3.63) is 97.1 Å². The Hall–Kier alpha value is -2.28. The third kappa shape index (κ3) is 6.23. The second-order valence-corrected chi connectivity index (χ2v) is 8.72. The Kier molecular flexibility index (Phi) is 9.48. The first-order valence-electron chi connectivity index (χ1n) is 12.3. The Balaban J connectivity index is 1.59. The summed E-state index contributed by atoms with van der Waals surface area (Å²) < 4.78 is 32.2. The van der Waals surface area contributed by atoms with Crippen molar-refractivity contribution in [3.8, 4) is 0 Å². The summed E-state index contributed by atoms with van der Waals surface area (Å²) in [6, 6.07) is 20.2. The predicted molar refractivity (Wildman–Crippen MR) is 132 cm³/mol. The SMILES string of the molecule is C=CCCCO[C@@H]1[C@@H](OCCCC=C)[C@H](c2ccccc2)O[C@@H]2CO[C@@H](c3ccccc3)O[C@@H]12. The van der Waals surface area contributed by atoms with Crippen LogP contribution in [0.2, 0.25) is 0 Å². The molecule has 0 unspecified atom stereocenters. The molecule has 0 N–H and O–H groups in total. The molecular weight excluding hydrogens is 428 g/mol. The van der Waals surface area contributed by atoms with Crippen LogP contribution in [0.4, 0.5) is 0 Å². The number of allylic oxidation sites excluding steroid dienone is 2. The van der Waals surface area contributed by atoms with Crippen molar-refractivity contribution in [1.29, 1.82) is 0 Å². The van der Waals surface area contributed by atoms with Crippen molar-refractivity contribution in [2.24, 2.45) is 0 Å². The van der Waals surface area contributed by atoms with Crippen molar-refractivity contribution in [3.63, 3.8) is 0 Å². The van der Waals surface area contributed by atoms with E-state index in [9.17, 15) is 0 Å². The largest absolute Gasteiger partial charge is 0.373 e. The molecule has 2 fully saturated rings. The molecule has 182 valence electrons. The number of benzene rings is 2. The van der Waals surface area contributed by atoms with Gasteiger partial charge in [-0.2, -0.15) is 0 Å². The second-order valence-electron chi connectivity index (χ2n) is 8.72. The van der Waals surface area contributed by atoms with Crippen LogP contribution in [0.5, 0.6) is 0 Å². The first-order valence-corrected chi connectivity index (χ1v) is 12.3. The third-order valence-corrected chi connectivity index (χ3v) is 6.25. The highest BCUT2D eigenvalue weighted by molar-refractivity contribution is 5.21. The van der Waals surface area contributed by atoms with Gasteiger partial charge in [0.1, 0.15) is 30.5 Å². The molecule has 2 aliphatic rings. The fourth-order valence-electron chi connectivity index (χ4n) is 4.54. The lowest BCUT2D eigenvalue weighted by Crippen LogP contribution is -2.60. The van der Waals surface area contributed by atoms with E-state index in [2.05, 4.69) is 25.3 Å². The van der Waals surface area contributed by atoms with Crippen LogP contribution >= 0.6 is 0 Å². The molecule has 2 aromatic carbocycles. The Labute approximate surface area is 203 Å². The van der Waals surface area contributed by atoms with Gasteiger partial charge < -0.3 is 23.7 Å². The van der Waals surface area contributed by atoms with Crippen LogP contribution in [0.1, 0.15) is 49.2 Å². The van der Waals surface area contributed by atoms with Crippen molar-refractivity contribution in [2.75, 3.05) is 19.8 Å². The molecule has 0 saturated carbocycles. The summed E-state index contributed by atoms with van der Waals surface area (Å²) in [6.07, 6.45) is 5.58. The van der Waals surface area contributed by atoms with E-state index in [4.69, 9.17) is 23.7 Å². The molecule has 0 spiro atoms. The van der Waals surface area contributed by atoms with E-state index in [0.717, 1.165) is 36.8 Å². The summed E-state index contributed by atoms with van der Waals surface area (Å²) in [6.45, 7) is 9.30. The number of unbranched alkanes of at least 4 members (excludes halogenated alkanes) is 2. The van der Waals surface area contributed by atoms with Gasteiger partial charge in [0.15, 0.2) is 6.29 Å². The summed E-state index contributed by atoms with van der Waals surface area (Å²) in [5.74, 6) is 0. The number of rotatable bonds is 12. The lowest BCUT2D eigenvalue weighted by atomic mass is 9.90. The highest BCUT2D eigenvalue weighted by atomic mass is 16.7. The molecule has 2 saturated heterocycles. The fourth-order valence-corrected chi connectivity index (χ4v) is 4.54. The molecule has 0 aliphatic carbocycles. The zero-order valence-corrected chi connectivity index (χ0v) is 19.8. The summed E-state index contributed by atoms with van der Waals surface area (Å²) in [5.41, 5.74) is 2.06. The normalized spacial score (nSPS) is 28.7. The van der Waals surface area contributed by atoms with Gasteiger partial charge in [-0.15, -0.1) is 13.2 Å². The van der Waals surface area contributed by atoms with Gasteiger partial charge in [0, 0.05) is 18.8 Å². The van der Waals surface area contributed by atoms with Gasteiger partial charge in [-0.05, 0) is 31.2 Å². The van der Waals surface area contributed by atoms with Crippen LogP contribution < -0.4 is 0 Å². The molecule has 0 radical (unpaired) electrons. The van der Waals surface area contributed by atoms with E-state index in [-0.39, 0.29) is 30.5 Å². The molecule has 0 bridgehead atoms. The van der Waals surface area contributed by atoms with E-state index in [0.29, 0.717) is 19.8 Å². The molecule has 0 aromatic heterocycles. The van der Waals surface area contributed by atoms with E-state index in [1.807, 2.05) is 60.7 Å². The zero-order valence-electron chi connectivity index (χ0n) is 19.8. The number of hydrogen-bond acceptors (Lipinski definition) is 5. The third-order valence-electron chi connectivity index (χ3n) is 6.25. The summed E-state index contributed by atoms with van der Waals surface area (Å²) in [7, 11) is 0. The summed E-state index contributed by atoms with van der Waals surface area (Å²) in [4.78, 5) is 0. The molecule has 2 aliphatic heterocycles. The van der Waals surface area contributed by atoms with E-state index in [1.54, 1.807) is 0 Å². The smallest absolute Gasteiger partial charge is 0.184 e. The summed E-state index contributed by atoms with van der Waals surface area (Å²) >= 11 is 0. The molecule has 5 nitrogen and oxygen atoms in total. The minimum Gasteiger partial charge on any atom is -0.373 e. The lowest BCUT2D eigenvalue weighted by molar-refractivity contribution is -0.339. The van der Waals surface area contributed by atoms with Crippen molar-refractivity contribution < 1.29 is 23.7 Å². The van der Waals surface area contributed by atoms with Crippen LogP contribution in [-0.2, 0) is 23.7 Å². The molecular formula is C29H36O5. The number of hydrogen-bond donors (Lipinski definition) is 0. The average molecular weight is 465 g/mol. The highest BCUT2D eigenvalue weighted by Gasteiger charge is 2.51. The van der Waals surface area contributed by atoms with Crippen molar-refractivity contribution >= 4 is 0 Å². The topological polar surface area (TPSA) is 46.2 Å². The molecule has 2 heterocycles. The van der Waals surface area contributed by atoms with Gasteiger partial charge in [0.25, 0.3) is 0 Å². The van der Waals surface area contributed by atoms with Gasteiger partial charge in [0.05, 0.1) is 6.61 Å². The minimum atomic E-state index is -0.458. The minimum absolute atomic E-state index is 0.248. The quantitative estimate of drug-likeness (QED) is 0.287. The van der Waals surface area contributed by atoms with Crippen LogP contribution in [0.25, 0.3) is 0 Å². The lowest BCUT2D eigenvalue weighted by Gasteiger charge is -2.49. The predicted octanol–water partition coefficient (Wildman–Crippen LogP) is 5.94. The maximum absolute atomic E-state index is 6.60. The van der Waals surface area contributed by atoms with Gasteiger partial charge in [-0.1, -0.05) is 72.8 Å². The maximum Gasteiger partial charge on any atom is 0.184 e. The molecule has 6 atom stereocenters. The highest BCUT2D eigenvalue weighted by Crippen LogP contribution is 2.41. The Morgan fingerprint density at radius 3 is 1.97 bits per heavy atom. The van der Waals surface area contributed by atoms with Gasteiger partial charge in [-0.25, -0.2) is 0 Å². The summed E-state index contributed by atoms with van der Waals surface area (Å²) in [5, 5.41) is 0. The van der Waals surface area contributed by atoms with Crippen molar-refractivity contribution in [2.45, 2.75) is 62.5 Å². The van der Waals surface area contributed by atoms with E-state index < -0.39 is 6.29 Å². The number of ether oxygens (including phenoxy) is 5. The standard InChI is InChI=1S/C29H36O5/c1-3-5-13-19-30-27-25(22-15-9-7-10-16-22)33-24-21-32-29(23-17-11-8-12-18-23)34-26(24)28(27)31-20-14-6-4-2/h3-4,7-12,15-18,24-29H,1-2,5-6,13-14,19-21H2/t24-,25+,26-,27+,28+,29-/m1/s1. The Bertz CT molecular complexity index is 871. The maximum atomic E-state index is 6.60. The van der Waals surface area contributed by atoms with Crippen molar-refractivity contribution in [1.82, 2.24) is 0 Å². The van der Waals surface area contributed by atoms with Crippen LogP contribution in [0, 0.1) is 0 Å². The molecule has 4 rings (SSSR count). The first-order chi connectivity index (χ1) is 16.8. The molecule has 34 heavy (non-hydrogen) atoms. The zero-order chi connectivity index (χ0) is 23.6. The van der Waals surface area contributed by atoms with Gasteiger partial charge in [-0.3, -0.25) is 0 Å². The van der Waals surface area contributed by atoms with Gasteiger partial charge >= 0.3 is 0 Å². The fraction of sp³-hybridized carbons (Fsp3) is 0.448. The molecule has 0 amide bonds. The second kappa shape index (κ2) is 13.0. The van der Waals surface area contributed by atoms with Crippen LogP contribution in [0.3, 0.4) is 0 Å². The van der Waals surface area contributed by atoms with Crippen LogP contribution in [-0.4, -0.2) is 44.2 Å². The van der Waals surface area contributed by atoms with Gasteiger partial charge in [0.2, 0.25) is 0 Å². The van der Waals surface area contributed by atoms with E-state index >= 15 is 0 Å². The molecule has 5 heteroatoms. The van der Waals surface area contributed by atoms with Crippen LogP contribution in [0.15, 0.2) is 86.0 Å². The monoisotopic (exact) mass is 464 g/mol. The molecule has 2 aromatic rings. The number of fused-ring (bicyclic) bond motifs is 1. The van der Waals surface area contributed by atoms with E-state index in [1.165, 1.54) is 0 Å². The average Bonchev–Trinajstić information content (AvgIpc) is 2.90.